The van der Waals surface area contributed by atoms with Gasteiger partial charge in [-0.05, 0) is 6.07 Å². The molecule has 0 fully saturated rings. The molecule has 0 spiro atoms. The van der Waals surface area contributed by atoms with Gasteiger partial charge in [0, 0.05) is 10.9 Å². The zero-order valence-electron chi connectivity index (χ0n) is 6.62. The molecule has 0 radical (unpaired) electrons. The summed E-state index contributed by atoms with van der Waals surface area (Å²) in [6.45, 7) is -0.269. The zero-order chi connectivity index (χ0) is 9.42. The van der Waals surface area contributed by atoms with Crippen molar-refractivity contribution in [3.8, 4) is 5.06 Å². The minimum atomic E-state index is -0.363. The third kappa shape index (κ3) is 1.18. The molecule has 4 heteroatoms. The molecule has 1 aromatic heterocycles. The Balaban J connectivity index is 2.86. The lowest BCUT2D eigenvalue weighted by molar-refractivity contribution is 0.278. The number of thiophene rings is 1. The molecule has 0 aliphatic heterocycles. The third-order valence-corrected chi connectivity index (χ3v) is 2.97. The first kappa shape index (κ1) is 8.47. The monoisotopic (exact) mass is 198 g/mol. The maximum absolute atomic E-state index is 13.1. The summed E-state index contributed by atoms with van der Waals surface area (Å²) in [5.41, 5.74) is 0.402. The lowest BCUT2D eigenvalue weighted by atomic mass is 10.2. The van der Waals surface area contributed by atoms with E-state index in [1.165, 1.54) is 6.07 Å². The minimum absolute atomic E-state index is 0.0115. The molecular weight excluding hydrogens is 191 g/mol. The Morgan fingerprint density at radius 2 is 2.15 bits per heavy atom. The highest BCUT2D eigenvalue weighted by Crippen LogP contribution is 2.37. The number of aliphatic hydroxyl groups is 1. The second kappa shape index (κ2) is 2.97. The molecule has 2 N–H and O–H groups in total. The van der Waals surface area contributed by atoms with E-state index in [4.69, 9.17) is 5.11 Å². The molecule has 0 aliphatic carbocycles. The van der Waals surface area contributed by atoms with E-state index in [1.54, 1.807) is 12.1 Å². The quantitative estimate of drug-likeness (QED) is 0.737. The Kier molecular flexibility index (Phi) is 1.94. The summed E-state index contributed by atoms with van der Waals surface area (Å²) < 4.78 is 13.5. The van der Waals surface area contributed by atoms with Gasteiger partial charge in [0.25, 0.3) is 0 Å². The fourth-order valence-corrected chi connectivity index (χ4v) is 2.23. The first-order valence-electron chi connectivity index (χ1n) is 3.73. The van der Waals surface area contributed by atoms with E-state index < -0.39 is 0 Å². The van der Waals surface area contributed by atoms with Gasteiger partial charge >= 0.3 is 0 Å². The van der Waals surface area contributed by atoms with Gasteiger partial charge in [0.2, 0.25) is 0 Å². The van der Waals surface area contributed by atoms with Gasteiger partial charge in [-0.25, -0.2) is 4.39 Å². The van der Waals surface area contributed by atoms with Crippen molar-refractivity contribution < 1.29 is 14.6 Å². The normalized spacial score (nSPS) is 10.9. The van der Waals surface area contributed by atoms with Crippen LogP contribution in [0.4, 0.5) is 4.39 Å². The number of hydrogen-bond donors (Lipinski definition) is 2. The van der Waals surface area contributed by atoms with Crippen molar-refractivity contribution in [2.24, 2.45) is 0 Å². The van der Waals surface area contributed by atoms with Gasteiger partial charge in [-0.15, -0.1) is 0 Å². The molecule has 13 heavy (non-hydrogen) atoms. The van der Waals surface area contributed by atoms with Crippen LogP contribution in [-0.4, -0.2) is 10.2 Å². The van der Waals surface area contributed by atoms with Crippen molar-refractivity contribution in [3.05, 3.63) is 29.6 Å². The molecule has 2 aromatic rings. The summed E-state index contributed by atoms with van der Waals surface area (Å²) in [6.07, 6.45) is 0. The van der Waals surface area contributed by atoms with Gasteiger partial charge in [-0.3, -0.25) is 0 Å². The van der Waals surface area contributed by atoms with Gasteiger partial charge < -0.3 is 10.2 Å². The molecule has 2 nitrogen and oxygen atoms in total. The average Bonchev–Trinajstić information content (AvgIpc) is 2.43. The summed E-state index contributed by atoms with van der Waals surface area (Å²) in [7, 11) is 0. The van der Waals surface area contributed by atoms with Gasteiger partial charge in [0.05, 0.1) is 11.3 Å². The Hall–Kier alpha value is -1.13. The minimum Gasteiger partial charge on any atom is -0.499 e. The molecule has 0 saturated carbocycles. The highest BCUT2D eigenvalue weighted by Gasteiger charge is 2.12. The van der Waals surface area contributed by atoms with Crippen LogP contribution < -0.4 is 0 Å². The Morgan fingerprint density at radius 1 is 1.38 bits per heavy atom. The number of fused-ring (bicyclic) bond motifs is 1. The summed E-state index contributed by atoms with van der Waals surface area (Å²) >= 11 is 0.951. The number of rotatable bonds is 1. The lowest BCUT2D eigenvalue weighted by Crippen LogP contribution is -1.80. The van der Waals surface area contributed by atoms with Crippen molar-refractivity contribution in [2.75, 3.05) is 0 Å². The number of hydrogen-bond acceptors (Lipinski definition) is 3. The van der Waals surface area contributed by atoms with Crippen molar-refractivity contribution >= 4 is 21.4 Å². The smallest absolute Gasteiger partial charge is 0.178 e. The molecular formula is C9H7FO2S. The van der Waals surface area contributed by atoms with E-state index in [1.807, 2.05) is 0 Å². The van der Waals surface area contributed by atoms with Crippen LogP contribution in [0.3, 0.4) is 0 Å². The van der Waals surface area contributed by atoms with Gasteiger partial charge in [0.1, 0.15) is 5.82 Å². The van der Waals surface area contributed by atoms with Crippen LogP contribution in [0.1, 0.15) is 5.56 Å². The summed E-state index contributed by atoms with van der Waals surface area (Å²) in [6, 6.07) is 4.57. The molecule has 0 unspecified atom stereocenters. The standard InChI is InChI=1S/C9H7FO2S/c10-7-3-1-2-5-6(4-11)9(12)13-8(5)7/h1-3,11-12H,4H2. The molecule has 0 bridgehead atoms. The Morgan fingerprint density at radius 3 is 2.85 bits per heavy atom. The predicted molar refractivity (Wildman–Crippen MR) is 49.4 cm³/mol. The number of aliphatic hydroxyl groups excluding tert-OH is 1. The molecule has 0 saturated heterocycles. The fourth-order valence-electron chi connectivity index (χ4n) is 1.28. The number of halogens is 1. The average molecular weight is 198 g/mol. The Labute approximate surface area is 77.9 Å². The second-order valence-corrected chi connectivity index (χ2v) is 3.66. The SMILES string of the molecule is OCc1c(O)sc2c(F)cccc12. The first-order valence-corrected chi connectivity index (χ1v) is 4.55. The van der Waals surface area contributed by atoms with Crippen LogP contribution in [0, 0.1) is 5.82 Å². The molecule has 1 heterocycles. The van der Waals surface area contributed by atoms with Crippen molar-refractivity contribution in [2.45, 2.75) is 6.61 Å². The van der Waals surface area contributed by atoms with Crippen LogP contribution in [0.2, 0.25) is 0 Å². The molecule has 0 amide bonds. The summed E-state index contributed by atoms with van der Waals surface area (Å²) in [5.74, 6) is -0.363. The van der Waals surface area contributed by atoms with E-state index in [0.717, 1.165) is 11.3 Å². The fraction of sp³-hybridized carbons (Fsp3) is 0.111. The van der Waals surface area contributed by atoms with Gasteiger partial charge in [-0.1, -0.05) is 23.5 Å². The number of benzene rings is 1. The lowest BCUT2D eigenvalue weighted by Gasteiger charge is -1.93. The highest BCUT2D eigenvalue weighted by molar-refractivity contribution is 7.20. The molecule has 1 aromatic carbocycles. The molecule has 0 aliphatic rings. The van der Waals surface area contributed by atoms with Crippen LogP contribution in [0.5, 0.6) is 5.06 Å². The van der Waals surface area contributed by atoms with Gasteiger partial charge in [0.15, 0.2) is 5.06 Å². The van der Waals surface area contributed by atoms with Crippen molar-refractivity contribution in [1.82, 2.24) is 0 Å². The van der Waals surface area contributed by atoms with Crippen LogP contribution >= 0.6 is 11.3 Å². The first-order chi connectivity index (χ1) is 6.24. The van der Waals surface area contributed by atoms with Crippen LogP contribution in [0.15, 0.2) is 18.2 Å². The van der Waals surface area contributed by atoms with Gasteiger partial charge in [-0.2, -0.15) is 0 Å². The molecule has 2 rings (SSSR count). The maximum atomic E-state index is 13.1. The zero-order valence-corrected chi connectivity index (χ0v) is 7.44. The maximum Gasteiger partial charge on any atom is 0.178 e. The topological polar surface area (TPSA) is 40.5 Å². The van der Waals surface area contributed by atoms with Crippen LogP contribution in [0.25, 0.3) is 10.1 Å². The molecule has 0 atom stereocenters. The largest absolute Gasteiger partial charge is 0.499 e. The van der Waals surface area contributed by atoms with E-state index in [0.29, 0.717) is 15.6 Å². The van der Waals surface area contributed by atoms with E-state index in [9.17, 15) is 9.50 Å². The van der Waals surface area contributed by atoms with Crippen molar-refractivity contribution in [3.63, 3.8) is 0 Å². The Bertz CT molecular complexity index is 450. The van der Waals surface area contributed by atoms with Crippen LogP contribution in [-0.2, 0) is 6.61 Å². The molecule has 68 valence electrons. The highest BCUT2D eigenvalue weighted by atomic mass is 32.1. The summed E-state index contributed by atoms with van der Waals surface area (Å²) in [4.78, 5) is 0. The predicted octanol–water partition coefficient (Wildman–Crippen LogP) is 2.24. The van der Waals surface area contributed by atoms with Crippen molar-refractivity contribution in [1.29, 1.82) is 0 Å². The number of aromatic hydroxyl groups is 1. The second-order valence-electron chi connectivity index (χ2n) is 2.66. The third-order valence-electron chi connectivity index (χ3n) is 1.91. The summed E-state index contributed by atoms with van der Waals surface area (Å²) in [5, 5.41) is 18.8. The van der Waals surface area contributed by atoms with E-state index in [-0.39, 0.29) is 17.5 Å². The van der Waals surface area contributed by atoms with E-state index >= 15 is 0 Å². The van der Waals surface area contributed by atoms with E-state index in [2.05, 4.69) is 0 Å².